The molecule has 1 aliphatic rings. The van der Waals surface area contributed by atoms with Gasteiger partial charge >= 0.3 is 0 Å². The minimum atomic E-state index is 0.182. The van der Waals surface area contributed by atoms with Gasteiger partial charge in [0, 0.05) is 5.54 Å². The fourth-order valence-corrected chi connectivity index (χ4v) is 2.50. The number of hydrogen-bond acceptors (Lipinski definition) is 1. The molecular weight excluding hydrogens is 158 g/mol. The molecule has 0 aromatic rings. The van der Waals surface area contributed by atoms with Crippen LogP contribution in [0.1, 0.15) is 59.3 Å². The van der Waals surface area contributed by atoms with E-state index in [1.54, 1.807) is 0 Å². The average Bonchev–Trinajstić information content (AvgIpc) is 2.09. The Labute approximate surface area is 83.1 Å². The molecule has 1 fully saturated rings. The lowest BCUT2D eigenvalue weighted by molar-refractivity contribution is 0.165. The van der Waals surface area contributed by atoms with E-state index in [1.165, 1.54) is 38.5 Å². The first-order valence-electron chi connectivity index (χ1n) is 5.86. The van der Waals surface area contributed by atoms with Crippen LogP contribution < -0.4 is 5.73 Å². The lowest BCUT2D eigenvalue weighted by Gasteiger charge is -2.40. The highest BCUT2D eigenvalue weighted by atomic mass is 14.7. The van der Waals surface area contributed by atoms with Crippen LogP contribution in [0.5, 0.6) is 0 Å². The van der Waals surface area contributed by atoms with Crippen LogP contribution in [-0.4, -0.2) is 5.54 Å². The van der Waals surface area contributed by atoms with E-state index in [0.717, 1.165) is 11.8 Å². The molecule has 0 saturated heterocycles. The molecule has 0 aromatic heterocycles. The normalized spacial score (nSPS) is 40.6. The molecule has 0 aromatic carbocycles. The highest BCUT2D eigenvalue weighted by molar-refractivity contribution is 4.91. The van der Waals surface area contributed by atoms with Crippen molar-refractivity contribution in [2.24, 2.45) is 17.6 Å². The van der Waals surface area contributed by atoms with Gasteiger partial charge in [0.1, 0.15) is 0 Å². The quantitative estimate of drug-likeness (QED) is 0.713. The molecule has 0 amide bonds. The van der Waals surface area contributed by atoms with Crippen molar-refractivity contribution in [2.75, 3.05) is 0 Å². The maximum absolute atomic E-state index is 6.40. The topological polar surface area (TPSA) is 26.0 Å². The molecule has 0 radical (unpaired) electrons. The lowest BCUT2D eigenvalue weighted by atomic mass is 9.70. The average molecular weight is 183 g/mol. The van der Waals surface area contributed by atoms with Gasteiger partial charge in [0.2, 0.25) is 0 Å². The number of nitrogens with two attached hydrogens (primary N) is 1. The molecule has 0 spiro atoms. The third-order valence-electron chi connectivity index (χ3n) is 3.83. The highest BCUT2D eigenvalue weighted by Gasteiger charge is 2.33. The molecule has 13 heavy (non-hydrogen) atoms. The van der Waals surface area contributed by atoms with Crippen molar-refractivity contribution >= 4 is 0 Å². The SMILES string of the molecule is CCCCC1(N)CCC(C)C(C)C1. The van der Waals surface area contributed by atoms with Gasteiger partial charge in [-0.05, 0) is 37.5 Å². The van der Waals surface area contributed by atoms with Crippen LogP contribution in [0.15, 0.2) is 0 Å². The van der Waals surface area contributed by atoms with E-state index in [4.69, 9.17) is 5.73 Å². The van der Waals surface area contributed by atoms with Crippen molar-refractivity contribution < 1.29 is 0 Å². The van der Waals surface area contributed by atoms with Crippen LogP contribution in [0.2, 0.25) is 0 Å². The zero-order valence-corrected chi connectivity index (χ0v) is 9.47. The highest BCUT2D eigenvalue weighted by Crippen LogP contribution is 2.37. The fourth-order valence-electron chi connectivity index (χ4n) is 2.50. The van der Waals surface area contributed by atoms with Gasteiger partial charge in [-0.15, -0.1) is 0 Å². The lowest BCUT2D eigenvalue weighted by Crippen LogP contribution is -2.45. The van der Waals surface area contributed by atoms with Gasteiger partial charge < -0.3 is 5.73 Å². The maximum atomic E-state index is 6.40. The summed E-state index contributed by atoms with van der Waals surface area (Å²) in [5, 5.41) is 0. The zero-order valence-electron chi connectivity index (χ0n) is 9.47. The smallest absolute Gasteiger partial charge is 0.0157 e. The van der Waals surface area contributed by atoms with Crippen LogP contribution in [0.3, 0.4) is 0 Å². The summed E-state index contributed by atoms with van der Waals surface area (Å²) in [5.74, 6) is 1.72. The molecule has 3 unspecified atom stereocenters. The van der Waals surface area contributed by atoms with Crippen LogP contribution in [-0.2, 0) is 0 Å². The van der Waals surface area contributed by atoms with Crippen molar-refractivity contribution in [1.29, 1.82) is 0 Å². The van der Waals surface area contributed by atoms with Gasteiger partial charge in [-0.1, -0.05) is 33.6 Å². The molecule has 0 aliphatic heterocycles. The Bertz CT molecular complexity index is 151. The summed E-state index contributed by atoms with van der Waals surface area (Å²) in [6, 6.07) is 0. The molecule has 1 heteroatoms. The summed E-state index contributed by atoms with van der Waals surface area (Å²) in [5.41, 5.74) is 6.58. The molecule has 1 saturated carbocycles. The Morgan fingerprint density at radius 3 is 2.54 bits per heavy atom. The van der Waals surface area contributed by atoms with Crippen LogP contribution in [0, 0.1) is 11.8 Å². The summed E-state index contributed by atoms with van der Waals surface area (Å²) >= 11 is 0. The third-order valence-corrected chi connectivity index (χ3v) is 3.83. The van der Waals surface area contributed by atoms with E-state index in [-0.39, 0.29) is 5.54 Å². The first kappa shape index (κ1) is 11.0. The number of rotatable bonds is 3. The second-order valence-electron chi connectivity index (χ2n) is 5.16. The Morgan fingerprint density at radius 2 is 2.00 bits per heavy atom. The molecule has 0 bridgehead atoms. The van der Waals surface area contributed by atoms with E-state index < -0.39 is 0 Å². The van der Waals surface area contributed by atoms with Crippen molar-refractivity contribution in [2.45, 2.75) is 64.8 Å². The maximum Gasteiger partial charge on any atom is 0.0157 e. The Morgan fingerprint density at radius 1 is 1.31 bits per heavy atom. The van der Waals surface area contributed by atoms with E-state index >= 15 is 0 Å². The van der Waals surface area contributed by atoms with Gasteiger partial charge in [0.15, 0.2) is 0 Å². The Kier molecular flexibility index (Phi) is 3.78. The Hall–Kier alpha value is -0.0400. The van der Waals surface area contributed by atoms with Gasteiger partial charge in [0.25, 0.3) is 0 Å². The summed E-state index contributed by atoms with van der Waals surface area (Å²) in [4.78, 5) is 0. The van der Waals surface area contributed by atoms with Crippen molar-refractivity contribution in [3.05, 3.63) is 0 Å². The molecular formula is C12H25N. The third kappa shape index (κ3) is 2.98. The van der Waals surface area contributed by atoms with Gasteiger partial charge in [-0.2, -0.15) is 0 Å². The summed E-state index contributed by atoms with van der Waals surface area (Å²) in [6.45, 7) is 6.97. The first-order chi connectivity index (χ1) is 6.07. The summed E-state index contributed by atoms with van der Waals surface area (Å²) in [6.07, 6.45) is 7.65. The predicted molar refractivity (Wildman–Crippen MR) is 58.6 cm³/mol. The first-order valence-corrected chi connectivity index (χ1v) is 5.86. The minimum Gasteiger partial charge on any atom is -0.325 e. The molecule has 2 N–H and O–H groups in total. The number of unbranched alkanes of at least 4 members (excludes halogenated alkanes) is 1. The van der Waals surface area contributed by atoms with E-state index in [1.807, 2.05) is 0 Å². The molecule has 1 rings (SSSR count). The van der Waals surface area contributed by atoms with Crippen molar-refractivity contribution in [3.8, 4) is 0 Å². The standard InChI is InChI=1S/C12H25N/c1-4-5-7-12(13)8-6-10(2)11(3)9-12/h10-11H,4-9,13H2,1-3H3. The second-order valence-corrected chi connectivity index (χ2v) is 5.16. The van der Waals surface area contributed by atoms with E-state index in [2.05, 4.69) is 20.8 Å². The summed E-state index contributed by atoms with van der Waals surface area (Å²) < 4.78 is 0. The molecule has 1 aliphatic carbocycles. The van der Waals surface area contributed by atoms with E-state index in [9.17, 15) is 0 Å². The van der Waals surface area contributed by atoms with E-state index in [0.29, 0.717) is 0 Å². The molecule has 3 atom stereocenters. The molecule has 1 nitrogen and oxygen atoms in total. The van der Waals surface area contributed by atoms with Crippen molar-refractivity contribution in [3.63, 3.8) is 0 Å². The van der Waals surface area contributed by atoms with Crippen LogP contribution in [0.4, 0.5) is 0 Å². The monoisotopic (exact) mass is 183 g/mol. The zero-order chi connectivity index (χ0) is 9.90. The Balaban J connectivity index is 2.41. The minimum absolute atomic E-state index is 0.182. The summed E-state index contributed by atoms with van der Waals surface area (Å²) in [7, 11) is 0. The van der Waals surface area contributed by atoms with Gasteiger partial charge in [-0.25, -0.2) is 0 Å². The van der Waals surface area contributed by atoms with Gasteiger partial charge in [0.05, 0.1) is 0 Å². The largest absolute Gasteiger partial charge is 0.325 e. The van der Waals surface area contributed by atoms with Crippen LogP contribution in [0.25, 0.3) is 0 Å². The van der Waals surface area contributed by atoms with Gasteiger partial charge in [-0.3, -0.25) is 0 Å². The fraction of sp³-hybridized carbons (Fsp3) is 1.00. The second kappa shape index (κ2) is 4.45. The van der Waals surface area contributed by atoms with Crippen LogP contribution >= 0.6 is 0 Å². The number of hydrogen-bond donors (Lipinski definition) is 1. The van der Waals surface area contributed by atoms with Crippen molar-refractivity contribution in [1.82, 2.24) is 0 Å². The predicted octanol–water partition coefficient (Wildman–Crippen LogP) is 3.33. The molecule has 78 valence electrons. The molecule has 0 heterocycles.